The van der Waals surface area contributed by atoms with E-state index in [0.29, 0.717) is 16.0 Å². The van der Waals surface area contributed by atoms with E-state index in [9.17, 15) is 13.2 Å². The predicted molar refractivity (Wildman–Crippen MR) is 72.2 cm³/mol. The largest absolute Gasteiger partial charge is 0.416 e. The van der Waals surface area contributed by atoms with Crippen LogP contribution < -0.4 is 5.32 Å². The first-order valence-electron chi connectivity index (χ1n) is 5.54. The van der Waals surface area contributed by atoms with Gasteiger partial charge in [-0.2, -0.15) is 13.2 Å². The maximum Gasteiger partial charge on any atom is 0.416 e. The van der Waals surface area contributed by atoms with Crippen molar-refractivity contribution in [1.29, 1.82) is 0 Å². The fourth-order valence-electron chi connectivity index (χ4n) is 1.53. The van der Waals surface area contributed by atoms with E-state index in [1.165, 1.54) is 6.07 Å². The highest BCUT2D eigenvalue weighted by Gasteiger charge is 2.30. The second-order valence-electron chi connectivity index (χ2n) is 4.07. The van der Waals surface area contributed by atoms with Crippen LogP contribution in [0.1, 0.15) is 25.3 Å². The first-order chi connectivity index (χ1) is 8.34. The standard InChI is InChI=1S/C12H14BrClF3N/c1-8(3-2-6-14)18-11-5-4-9(7-10(11)13)12(15,16)17/h4-5,7-8,18H,2-3,6H2,1H3. The van der Waals surface area contributed by atoms with Crippen LogP contribution in [0.5, 0.6) is 0 Å². The Hall–Kier alpha value is -0.420. The Bertz CT molecular complexity index is 395. The van der Waals surface area contributed by atoms with Crippen molar-refractivity contribution in [3.05, 3.63) is 28.2 Å². The summed E-state index contributed by atoms with van der Waals surface area (Å²) in [6.45, 7) is 1.97. The monoisotopic (exact) mass is 343 g/mol. The zero-order valence-corrected chi connectivity index (χ0v) is 12.2. The van der Waals surface area contributed by atoms with E-state index in [4.69, 9.17) is 11.6 Å². The van der Waals surface area contributed by atoms with Gasteiger partial charge in [0.25, 0.3) is 0 Å². The van der Waals surface area contributed by atoms with E-state index in [1.807, 2.05) is 6.92 Å². The molecule has 0 radical (unpaired) electrons. The van der Waals surface area contributed by atoms with Crippen LogP contribution in [0.25, 0.3) is 0 Å². The fraction of sp³-hybridized carbons (Fsp3) is 0.500. The smallest absolute Gasteiger partial charge is 0.382 e. The van der Waals surface area contributed by atoms with E-state index in [-0.39, 0.29) is 6.04 Å². The van der Waals surface area contributed by atoms with E-state index in [2.05, 4.69) is 21.2 Å². The lowest BCUT2D eigenvalue weighted by atomic mass is 10.1. The minimum atomic E-state index is -4.31. The topological polar surface area (TPSA) is 12.0 Å². The molecule has 1 unspecified atom stereocenters. The number of benzene rings is 1. The van der Waals surface area contributed by atoms with Gasteiger partial charge in [-0.15, -0.1) is 11.6 Å². The summed E-state index contributed by atoms with van der Waals surface area (Å²) in [6, 6.07) is 3.75. The number of nitrogens with one attached hydrogen (secondary N) is 1. The van der Waals surface area contributed by atoms with Crippen LogP contribution in [0.4, 0.5) is 18.9 Å². The molecule has 0 bridgehead atoms. The lowest BCUT2D eigenvalue weighted by Gasteiger charge is -2.17. The second kappa shape index (κ2) is 6.66. The first-order valence-corrected chi connectivity index (χ1v) is 6.86. The number of alkyl halides is 4. The summed E-state index contributed by atoms with van der Waals surface area (Å²) in [5, 5.41) is 3.15. The van der Waals surface area contributed by atoms with Crippen LogP contribution in [0.15, 0.2) is 22.7 Å². The number of rotatable bonds is 5. The normalized spacial score (nSPS) is 13.4. The minimum absolute atomic E-state index is 0.164. The number of hydrogen-bond donors (Lipinski definition) is 1. The summed E-state index contributed by atoms with van der Waals surface area (Å²) >= 11 is 8.74. The third-order valence-corrected chi connectivity index (χ3v) is 3.39. The SMILES string of the molecule is CC(CCCCl)Nc1ccc(C(F)(F)F)cc1Br. The van der Waals surface area contributed by atoms with Crippen LogP contribution >= 0.6 is 27.5 Å². The maximum absolute atomic E-state index is 12.5. The van der Waals surface area contributed by atoms with Gasteiger partial charge in [0.1, 0.15) is 0 Å². The Kier molecular flexibility index (Phi) is 5.79. The molecule has 102 valence electrons. The lowest BCUT2D eigenvalue weighted by Crippen LogP contribution is -2.16. The summed E-state index contributed by atoms with van der Waals surface area (Å²) < 4.78 is 37.8. The molecule has 1 N–H and O–H groups in total. The van der Waals surface area contributed by atoms with E-state index in [0.717, 1.165) is 25.0 Å². The summed E-state index contributed by atoms with van der Waals surface area (Å²) in [6.07, 6.45) is -2.57. The van der Waals surface area contributed by atoms with Crippen LogP contribution in [0, 0.1) is 0 Å². The summed E-state index contributed by atoms with van der Waals surface area (Å²) in [7, 11) is 0. The van der Waals surface area contributed by atoms with Crippen molar-refractivity contribution in [3.8, 4) is 0 Å². The van der Waals surface area contributed by atoms with Crippen molar-refractivity contribution >= 4 is 33.2 Å². The summed E-state index contributed by atoms with van der Waals surface area (Å²) in [5.74, 6) is 0.584. The Morgan fingerprint density at radius 2 is 2.06 bits per heavy atom. The van der Waals surface area contributed by atoms with Gasteiger partial charge in [0.2, 0.25) is 0 Å². The maximum atomic E-state index is 12.5. The summed E-state index contributed by atoms with van der Waals surface area (Å²) in [5.41, 5.74) is -0.00147. The van der Waals surface area contributed by atoms with Crippen LogP contribution in [0.2, 0.25) is 0 Å². The van der Waals surface area contributed by atoms with E-state index in [1.54, 1.807) is 0 Å². The predicted octanol–water partition coefficient (Wildman–Crippen LogP) is 5.29. The van der Waals surface area contributed by atoms with Crippen molar-refractivity contribution in [3.63, 3.8) is 0 Å². The van der Waals surface area contributed by atoms with E-state index >= 15 is 0 Å². The quantitative estimate of drug-likeness (QED) is 0.716. The Labute approximate surface area is 118 Å². The molecule has 1 aromatic rings. The molecule has 18 heavy (non-hydrogen) atoms. The second-order valence-corrected chi connectivity index (χ2v) is 5.30. The number of hydrogen-bond acceptors (Lipinski definition) is 1. The minimum Gasteiger partial charge on any atom is -0.382 e. The molecule has 1 aromatic carbocycles. The Morgan fingerprint density at radius 1 is 1.39 bits per heavy atom. The van der Waals surface area contributed by atoms with Crippen molar-refractivity contribution < 1.29 is 13.2 Å². The molecule has 0 saturated carbocycles. The molecule has 0 aliphatic rings. The van der Waals surface area contributed by atoms with Crippen molar-refractivity contribution in [1.82, 2.24) is 0 Å². The van der Waals surface area contributed by atoms with Gasteiger partial charge in [0, 0.05) is 22.1 Å². The third-order valence-electron chi connectivity index (χ3n) is 2.47. The van der Waals surface area contributed by atoms with Crippen LogP contribution in [-0.4, -0.2) is 11.9 Å². The summed E-state index contributed by atoms with van der Waals surface area (Å²) in [4.78, 5) is 0. The molecule has 1 nitrogen and oxygen atoms in total. The van der Waals surface area contributed by atoms with Gasteiger partial charge >= 0.3 is 6.18 Å². The highest BCUT2D eigenvalue weighted by molar-refractivity contribution is 9.10. The van der Waals surface area contributed by atoms with Crippen molar-refractivity contribution in [2.45, 2.75) is 32.0 Å². The highest BCUT2D eigenvalue weighted by atomic mass is 79.9. The molecule has 0 amide bonds. The highest BCUT2D eigenvalue weighted by Crippen LogP contribution is 2.34. The van der Waals surface area contributed by atoms with Gasteiger partial charge in [0.05, 0.1) is 5.56 Å². The molecule has 0 aromatic heterocycles. The van der Waals surface area contributed by atoms with Gasteiger partial charge in [0.15, 0.2) is 0 Å². The van der Waals surface area contributed by atoms with Crippen LogP contribution in [-0.2, 0) is 6.18 Å². The average Bonchev–Trinajstić information content (AvgIpc) is 2.27. The molecule has 6 heteroatoms. The Morgan fingerprint density at radius 3 is 2.56 bits per heavy atom. The van der Waals surface area contributed by atoms with Gasteiger partial charge < -0.3 is 5.32 Å². The van der Waals surface area contributed by atoms with Gasteiger partial charge in [-0.3, -0.25) is 0 Å². The molecular formula is C12H14BrClF3N. The molecular weight excluding hydrogens is 330 g/mol. The lowest BCUT2D eigenvalue weighted by molar-refractivity contribution is -0.137. The van der Waals surface area contributed by atoms with Crippen molar-refractivity contribution in [2.24, 2.45) is 0 Å². The molecule has 0 spiro atoms. The average molecular weight is 345 g/mol. The fourth-order valence-corrected chi connectivity index (χ4v) is 2.18. The van der Waals surface area contributed by atoms with Gasteiger partial charge in [-0.05, 0) is 53.9 Å². The number of halogens is 5. The molecule has 0 fully saturated rings. The van der Waals surface area contributed by atoms with E-state index < -0.39 is 11.7 Å². The first kappa shape index (κ1) is 15.6. The van der Waals surface area contributed by atoms with Crippen molar-refractivity contribution in [2.75, 3.05) is 11.2 Å². The van der Waals surface area contributed by atoms with Gasteiger partial charge in [-0.1, -0.05) is 0 Å². The van der Waals surface area contributed by atoms with Gasteiger partial charge in [-0.25, -0.2) is 0 Å². The Balaban J connectivity index is 2.74. The zero-order valence-electron chi connectivity index (χ0n) is 9.82. The third kappa shape index (κ3) is 4.69. The molecule has 1 atom stereocenters. The van der Waals surface area contributed by atoms with Crippen LogP contribution in [0.3, 0.4) is 0 Å². The molecule has 0 heterocycles. The number of anilines is 1. The molecule has 0 aliphatic carbocycles. The zero-order chi connectivity index (χ0) is 13.8. The molecule has 0 aliphatic heterocycles. The molecule has 0 saturated heterocycles. The molecule has 1 rings (SSSR count).